The molecule has 0 saturated carbocycles. The topological polar surface area (TPSA) is 89.3 Å². The molecule has 2 heterocycles. The smallest absolute Gasteiger partial charge is 0.254 e. The number of fused-ring (bicyclic) bond motifs is 1. The van der Waals surface area contributed by atoms with Crippen LogP contribution in [0.1, 0.15) is 52.9 Å². The van der Waals surface area contributed by atoms with Crippen LogP contribution < -0.4 is 5.32 Å². The Bertz CT molecular complexity index is 1190. The van der Waals surface area contributed by atoms with Gasteiger partial charge in [-0.25, -0.2) is 4.39 Å². The number of nitriles is 1. The molecule has 6 nitrogen and oxygen atoms in total. The number of aliphatic hydroxyl groups is 1. The number of pyridine rings is 1. The van der Waals surface area contributed by atoms with E-state index in [9.17, 15) is 19.6 Å². The number of amides is 1. The van der Waals surface area contributed by atoms with Gasteiger partial charge in [-0.3, -0.25) is 9.78 Å². The van der Waals surface area contributed by atoms with Crippen molar-refractivity contribution in [3.8, 4) is 6.07 Å². The third kappa shape index (κ3) is 4.57. The molecule has 7 heteroatoms. The Kier molecular flexibility index (Phi) is 6.38. The van der Waals surface area contributed by atoms with E-state index in [0.717, 1.165) is 11.6 Å². The predicted molar refractivity (Wildman–Crippen MR) is 123 cm³/mol. The first kappa shape index (κ1) is 22.4. The van der Waals surface area contributed by atoms with E-state index in [1.165, 1.54) is 12.1 Å². The van der Waals surface area contributed by atoms with E-state index in [-0.39, 0.29) is 23.1 Å². The van der Waals surface area contributed by atoms with Gasteiger partial charge in [0, 0.05) is 30.2 Å². The third-order valence-corrected chi connectivity index (χ3v) is 5.76. The Morgan fingerprint density at radius 2 is 2.00 bits per heavy atom. The summed E-state index contributed by atoms with van der Waals surface area (Å²) in [5, 5.41) is 23.6. The van der Waals surface area contributed by atoms with Crippen molar-refractivity contribution in [3.63, 3.8) is 0 Å². The maximum Gasteiger partial charge on any atom is 0.254 e. The molecule has 0 aliphatic carbocycles. The Labute approximate surface area is 192 Å². The van der Waals surface area contributed by atoms with Gasteiger partial charge in [0.15, 0.2) is 0 Å². The van der Waals surface area contributed by atoms with Crippen LogP contribution in [0.5, 0.6) is 0 Å². The lowest BCUT2D eigenvalue weighted by Crippen LogP contribution is -2.48. The highest BCUT2D eigenvalue weighted by Gasteiger charge is 2.44. The van der Waals surface area contributed by atoms with Crippen molar-refractivity contribution >= 4 is 11.6 Å². The normalized spacial score (nSPS) is 18.5. The lowest BCUT2D eigenvalue weighted by molar-refractivity contribution is 0.0441. The molecule has 168 valence electrons. The quantitative estimate of drug-likeness (QED) is 0.548. The number of aromatic nitrogens is 1. The summed E-state index contributed by atoms with van der Waals surface area (Å²) in [6, 6.07) is 16.2. The first-order valence-corrected chi connectivity index (χ1v) is 10.8. The number of anilines is 1. The fourth-order valence-electron chi connectivity index (χ4n) is 4.50. The second-order valence-corrected chi connectivity index (χ2v) is 8.63. The Morgan fingerprint density at radius 3 is 2.70 bits per heavy atom. The molecule has 0 bridgehead atoms. The summed E-state index contributed by atoms with van der Waals surface area (Å²) >= 11 is 0. The molecule has 0 spiro atoms. The zero-order chi connectivity index (χ0) is 23.5. The highest BCUT2D eigenvalue weighted by Crippen LogP contribution is 2.44. The highest BCUT2D eigenvalue weighted by atomic mass is 19.1. The highest BCUT2D eigenvalue weighted by molar-refractivity contribution is 5.97. The second kappa shape index (κ2) is 9.39. The maximum atomic E-state index is 14.0. The predicted octanol–water partition coefficient (Wildman–Crippen LogP) is 4.46. The third-order valence-electron chi connectivity index (χ3n) is 5.76. The Morgan fingerprint density at radius 1 is 1.21 bits per heavy atom. The molecule has 1 aromatic heterocycles. The molecule has 0 saturated heterocycles. The molecule has 1 aliphatic heterocycles. The minimum atomic E-state index is -1.17. The van der Waals surface area contributed by atoms with Crippen LogP contribution in [-0.4, -0.2) is 33.7 Å². The first-order valence-electron chi connectivity index (χ1n) is 10.8. The number of carbonyl (C=O) groups is 1. The first-order chi connectivity index (χ1) is 15.9. The number of hydrogen-bond donors (Lipinski definition) is 2. The molecule has 0 radical (unpaired) electrons. The number of benzene rings is 2. The molecule has 1 amide bonds. The molecular formula is C26H25FN4O2. The van der Waals surface area contributed by atoms with Gasteiger partial charge in [0.1, 0.15) is 12.0 Å². The molecule has 3 aromatic rings. The molecule has 1 unspecified atom stereocenters. The zero-order valence-corrected chi connectivity index (χ0v) is 18.4. The minimum Gasteiger partial charge on any atom is -0.373 e. The van der Waals surface area contributed by atoms with E-state index in [4.69, 9.17) is 0 Å². The van der Waals surface area contributed by atoms with Gasteiger partial charge in [0.2, 0.25) is 0 Å². The van der Waals surface area contributed by atoms with Crippen molar-refractivity contribution in [2.24, 2.45) is 5.92 Å². The van der Waals surface area contributed by atoms with Crippen LogP contribution in [0.25, 0.3) is 0 Å². The maximum absolute atomic E-state index is 14.0. The number of aliphatic hydroxyl groups excluding tert-OH is 1. The summed E-state index contributed by atoms with van der Waals surface area (Å²) in [4.78, 5) is 19.5. The van der Waals surface area contributed by atoms with E-state index in [2.05, 4.69) is 10.3 Å². The minimum absolute atomic E-state index is 0.103. The standard InChI is InChI=1S/C26H25FN4O2/c1-16(2)15-31-24(18-6-5-9-29-14-18)23(21-7-3-4-8-22(21)26(31)33)25(32)30-20-11-17(13-28)10-19(27)12-20/h3-12,14,16,23-25,30,32H,15H2,1-2H3/t23-,24+,25?/m0/s1. The fraction of sp³-hybridized carbons (Fsp3) is 0.269. The molecule has 0 fully saturated rings. The van der Waals surface area contributed by atoms with Crippen molar-refractivity contribution in [3.05, 3.63) is 95.1 Å². The van der Waals surface area contributed by atoms with E-state index < -0.39 is 24.0 Å². The van der Waals surface area contributed by atoms with Crippen molar-refractivity contribution in [1.29, 1.82) is 5.26 Å². The van der Waals surface area contributed by atoms with Crippen molar-refractivity contribution in [1.82, 2.24) is 9.88 Å². The van der Waals surface area contributed by atoms with Gasteiger partial charge in [-0.1, -0.05) is 38.1 Å². The molecule has 1 aliphatic rings. The van der Waals surface area contributed by atoms with Crippen LogP contribution in [0.4, 0.5) is 10.1 Å². The summed E-state index contributed by atoms with van der Waals surface area (Å²) in [5.41, 5.74) is 2.46. The van der Waals surface area contributed by atoms with Crippen LogP contribution in [0.15, 0.2) is 67.0 Å². The molecule has 2 aromatic carbocycles. The van der Waals surface area contributed by atoms with Crippen molar-refractivity contribution < 1.29 is 14.3 Å². The average Bonchev–Trinajstić information content (AvgIpc) is 2.80. The van der Waals surface area contributed by atoms with Crippen LogP contribution in [0.3, 0.4) is 0 Å². The van der Waals surface area contributed by atoms with Gasteiger partial charge >= 0.3 is 0 Å². The van der Waals surface area contributed by atoms with Crippen LogP contribution in [0.2, 0.25) is 0 Å². The van der Waals surface area contributed by atoms with Crippen LogP contribution in [0, 0.1) is 23.1 Å². The van der Waals surface area contributed by atoms with E-state index in [1.54, 1.807) is 35.5 Å². The summed E-state index contributed by atoms with van der Waals surface area (Å²) in [6.07, 6.45) is 2.19. The van der Waals surface area contributed by atoms with E-state index in [1.807, 2.05) is 38.1 Å². The van der Waals surface area contributed by atoms with Gasteiger partial charge in [0.05, 0.1) is 23.6 Å². The zero-order valence-electron chi connectivity index (χ0n) is 18.4. The van der Waals surface area contributed by atoms with Gasteiger partial charge in [-0.2, -0.15) is 5.26 Å². The summed E-state index contributed by atoms with van der Waals surface area (Å²) in [5.74, 6) is -1.04. The number of rotatable bonds is 6. The van der Waals surface area contributed by atoms with Gasteiger partial charge in [-0.05, 0) is 47.4 Å². The van der Waals surface area contributed by atoms with Crippen molar-refractivity contribution in [2.75, 3.05) is 11.9 Å². The van der Waals surface area contributed by atoms with Crippen molar-refractivity contribution in [2.45, 2.75) is 32.0 Å². The molecular weight excluding hydrogens is 419 g/mol. The Hall–Kier alpha value is -3.76. The molecule has 2 N–H and O–H groups in total. The SMILES string of the molecule is CC(C)CN1C(=O)c2ccccc2[C@H](C(O)Nc2cc(F)cc(C#N)c2)[C@H]1c1cccnc1. The van der Waals surface area contributed by atoms with Gasteiger partial charge < -0.3 is 15.3 Å². The van der Waals surface area contributed by atoms with E-state index in [0.29, 0.717) is 17.7 Å². The summed E-state index contributed by atoms with van der Waals surface area (Å²) in [7, 11) is 0. The number of halogens is 1. The molecule has 4 rings (SSSR count). The summed E-state index contributed by atoms with van der Waals surface area (Å²) in [6.45, 7) is 4.57. The number of nitrogens with zero attached hydrogens (tertiary/aromatic N) is 3. The van der Waals surface area contributed by atoms with E-state index >= 15 is 0 Å². The summed E-state index contributed by atoms with van der Waals surface area (Å²) < 4.78 is 14.0. The lowest BCUT2D eigenvalue weighted by atomic mass is 9.78. The molecule has 3 atom stereocenters. The number of carbonyl (C=O) groups excluding carboxylic acids is 1. The van der Waals surface area contributed by atoms with Crippen LogP contribution in [-0.2, 0) is 0 Å². The average molecular weight is 445 g/mol. The second-order valence-electron chi connectivity index (χ2n) is 8.63. The largest absolute Gasteiger partial charge is 0.373 e. The number of hydrogen-bond acceptors (Lipinski definition) is 5. The fourth-order valence-corrected chi connectivity index (χ4v) is 4.50. The Balaban J connectivity index is 1.83. The monoisotopic (exact) mass is 444 g/mol. The van der Waals surface area contributed by atoms with Gasteiger partial charge in [0.25, 0.3) is 5.91 Å². The lowest BCUT2D eigenvalue weighted by Gasteiger charge is -2.45. The number of nitrogens with one attached hydrogen (secondary N) is 1. The van der Waals surface area contributed by atoms with Gasteiger partial charge in [-0.15, -0.1) is 0 Å². The molecule has 33 heavy (non-hydrogen) atoms. The van der Waals surface area contributed by atoms with Crippen LogP contribution >= 0.6 is 0 Å².